The van der Waals surface area contributed by atoms with Crippen LogP contribution in [0.3, 0.4) is 0 Å². The summed E-state index contributed by atoms with van der Waals surface area (Å²) in [6.07, 6.45) is 4.54. The number of carbonyl (C=O) groups excluding carboxylic acids is 1. The molecule has 0 aliphatic heterocycles. The smallest absolute Gasteiger partial charge is 0.168 e. The van der Waals surface area contributed by atoms with E-state index in [0.29, 0.717) is 0 Å². The van der Waals surface area contributed by atoms with Gasteiger partial charge in [0.15, 0.2) is 5.78 Å². The molecule has 0 amide bonds. The van der Waals surface area contributed by atoms with Gasteiger partial charge in [0.25, 0.3) is 0 Å². The highest BCUT2D eigenvalue weighted by Gasteiger charge is 2.07. The minimum absolute atomic E-state index is 0.128. The van der Waals surface area contributed by atoms with E-state index in [1.54, 1.807) is 17.8 Å². The normalized spacial score (nSPS) is 13.7. The van der Waals surface area contributed by atoms with Crippen LogP contribution in [0.25, 0.3) is 0 Å². The Bertz CT molecular complexity index is 140. The second kappa shape index (κ2) is 6.47. The minimum Gasteiger partial charge on any atom is -0.294 e. The standard InChI is InChI=1S/C9H16OS/c1-4-6-7-9(10)8(3)11-5-2/h6-8H,4-5H2,1-3H3. The van der Waals surface area contributed by atoms with Crippen LogP contribution in [0, 0.1) is 0 Å². The van der Waals surface area contributed by atoms with E-state index >= 15 is 0 Å². The van der Waals surface area contributed by atoms with Crippen LogP contribution in [0.15, 0.2) is 12.2 Å². The molecule has 1 nitrogen and oxygen atoms in total. The summed E-state index contributed by atoms with van der Waals surface area (Å²) in [7, 11) is 0. The topological polar surface area (TPSA) is 17.1 Å². The number of allylic oxidation sites excluding steroid dienone is 2. The van der Waals surface area contributed by atoms with Crippen LogP contribution in [0.5, 0.6) is 0 Å². The largest absolute Gasteiger partial charge is 0.294 e. The van der Waals surface area contributed by atoms with Crippen molar-refractivity contribution < 1.29 is 4.79 Å². The van der Waals surface area contributed by atoms with Crippen LogP contribution < -0.4 is 0 Å². The van der Waals surface area contributed by atoms with E-state index in [0.717, 1.165) is 12.2 Å². The summed E-state index contributed by atoms with van der Waals surface area (Å²) in [6.45, 7) is 6.05. The fourth-order valence-corrected chi connectivity index (χ4v) is 1.44. The SMILES string of the molecule is CCC=CC(=O)C(C)SCC. The van der Waals surface area contributed by atoms with Crippen molar-refractivity contribution in [2.75, 3.05) is 5.75 Å². The van der Waals surface area contributed by atoms with Crippen LogP contribution in [0.2, 0.25) is 0 Å². The summed E-state index contributed by atoms with van der Waals surface area (Å²) in [5.41, 5.74) is 0. The lowest BCUT2D eigenvalue weighted by molar-refractivity contribution is -0.113. The van der Waals surface area contributed by atoms with Gasteiger partial charge in [-0.25, -0.2) is 0 Å². The monoisotopic (exact) mass is 172 g/mol. The Morgan fingerprint density at radius 3 is 2.64 bits per heavy atom. The molecule has 0 aromatic carbocycles. The van der Waals surface area contributed by atoms with E-state index in [1.807, 2.05) is 19.9 Å². The fraction of sp³-hybridized carbons (Fsp3) is 0.667. The van der Waals surface area contributed by atoms with E-state index in [9.17, 15) is 4.79 Å². The van der Waals surface area contributed by atoms with Gasteiger partial charge in [-0.3, -0.25) is 4.79 Å². The van der Waals surface area contributed by atoms with Gasteiger partial charge in [-0.15, -0.1) is 0 Å². The molecular formula is C9H16OS. The van der Waals surface area contributed by atoms with Crippen molar-refractivity contribution in [2.45, 2.75) is 32.4 Å². The van der Waals surface area contributed by atoms with Crippen LogP contribution in [0.1, 0.15) is 27.2 Å². The van der Waals surface area contributed by atoms with Crippen molar-refractivity contribution in [1.82, 2.24) is 0 Å². The van der Waals surface area contributed by atoms with Crippen molar-refractivity contribution in [3.8, 4) is 0 Å². The van der Waals surface area contributed by atoms with E-state index in [1.165, 1.54) is 0 Å². The van der Waals surface area contributed by atoms with E-state index in [4.69, 9.17) is 0 Å². The molecule has 0 rings (SSSR count). The zero-order valence-electron chi connectivity index (χ0n) is 7.46. The van der Waals surface area contributed by atoms with Crippen LogP contribution in [-0.2, 0) is 4.79 Å². The van der Waals surface area contributed by atoms with Gasteiger partial charge in [-0.05, 0) is 25.2 Å². The predicted molar refractivity (Wildman–Crippen MR) is 52.0 cm³/mol. The van der Waals surface area contributed by atoms with Gasteiger partial charge in [0.2, 0.25) is 0 Å². The Morgan fingerprint density at radius 1 is 1.55 bits per heavy atom. The van der Waals surface area contributed by atoms with Gasteiger partial charge in [-0.2, -0.15) is 11.8 Å². The zero-order chi connectivity index (χ0) is 8.69. The van der Waals surface area contributed by atoms with Gasteiger partial charge >= 0.3 is 0 Å². The lowest BCUT2D eigenvalue weighted by atomic mass is 10.2. The first-order valence-corrected chi connectivity index (χ1v) is 5.09. The van der Waals surface area contributed by atoms with Gasteiger partial charge in [0.1, 0.15) is 0 Å². The molecule has 0 saturated heterocycles. The van der Waals surface area contributed by atoms with Crippen LogP contribution >= 0.6 is 11.8 Å². The highest BCUT2D eigenvalue weighted by atomic mass is 32.2. The molecule has 0 spiro atoms. The molecule has 64 valence electrons. The maximum absolute atomic E-state index is 11.2. The second-order valence-electron chi connectivity index (χ2n) is 2.31. The Balaban J connectivity index is 3.72. The molecule has 0 fully saturated rings. The maximum atomic E-state index is 11.2. The molecule has 0 aromatic heterocycles. The third-order valence-electron chi connectivity index (χ3n) is 1.34. The first-order chi connectivity index (χ1) is 5.22. The second-order valence-corrected chi connectivity index (χ2v) is 3.93. The Kier molecular flexibility index (Phi) is 6.33. The molecule has 0 saturated carbocycles. The number of hydrogen-bond donors (Lipinski definition) is 0. The summed E-state index contributed by atoms with van der Waals surface area (Å²) < 4.78 is 0. The number of thioether (sulfide) groups is 1. The molecule has 1 atom stereocenters. The van der Waals surface area contributed by atoms with Crippen molar-refractivity contribution in [3.63, 3.8) is 0 Å². The lowest BCUT2D eigenvalue weighted by Crippen LogP contribution is -2.09. The number of hydrogen-bond acceptors (Lipinski definition) is 2. The van der Waals surface area contributed by atoms with E-state index in [2.05, 4.69) is 6.92 Å². The molecule has 0 aliphatic rings. The predicted octanol–water partition coefficient (Wildman–Crippen LogP) is 2.66. The van der Waals surface area contributed by atoms with Crippen molar-refractivity contribution in [3.05, 3.63) is 12.2 Å². The molecule has 0 aliphatic carbocycles. The average Bonchev–Trinajstić information content (AvgIpc) is 2.00. The highest BCUT2D eigenvalue weighted by Crippen LogP contribution is 2.10. The zero-order valence-corrected chi connectivity index (χ0v) is 8.28. The lowest BCUT2D eigenvalue weighted by Gasteiger charge is -2.03. The van der Waals surface area contributed by atoms with Gasteiger partial charge < -0.3 is 0 Å². The Hall–Kier alpha value is -0.240. The van der Waals surface area contributed by atoms with E-state index in [-0.39, 0.29) is 11.0 Å². The average molecular weight is 172 g/mol. The third kappa shape index (κ3) is 5.08. The molecule has 0 N–H and O–H groups in total. The molecular weight excluding hydrogens is 156 g/mol. The minimum atomic E-state index is 0.128. The number of rotatable bonds is 5. The molecule has 0 aromatic rings. The molecule has 2 heteroatoms. The molecule has 0 bridgehead atoms. The van der Waals surface area contributed by atoms with E-state index < -0.39 is 0 Å². The quantitative estimate of drug-likeness (QED) is 0.593. The summed E-state index contributed by atoms with van der Waals surface area (Å²) in [5.74, 6) is 1.24. The van der Waals surface area contributed by atoms with Gasteiger partial charge in [0.05, 0.1) is 5.25 Å². The maximum Gasteiger partial charge on any atom is 0.168 e. The van der Waals surface area contributed by atoms with Crippen molar-refractivity contribution in [1.29, 1.82) is 0 Å². The summed E-state index contributed by atoms with van der Waals surface area (Å²) in [4.78, 5) is 11.2. The third-order valence-corrected chi connectivity index (χ3v) is 2.40. The molecule has 0 heterocycles. The first kappa shape index (κ1) is 10.8. The molecule has 11 heavy (non-hydrogen) atoms. The fourth-order valence-electron chi connectivity index (χ4n) is 0.702. The number of carbonyl (C=O) groups is 1. The summed E-state index contributed by atoms with van der Waals surface area (Å²) in [6, 6.07) is 0. The van der Waals surface area contributed by atoms with Crippen molar-refractivity contribution >= 4 is 17.5 Å². The number of ketones is 1. The summed E-state index contributed by atoms with van der Waals surface area (Å²) in [5, 5.41) is 0.128. The van der Waals surface area contributed by atoms with Crippen LogP contribution in [-0.4, -0.2) is 16.8 Å². The highest BCUT2D eigenvalue weighted by molar-refractivity contribution is 8.00. The summed E-state index contributed by atoms with van der Waals surface area (Å²) >= 11 is 1.69. The van der Waals surface area contributed by atoms with Crippen LogP contribution in [0.4, 0.5) is 0 Å². The van der Waals surface area contributed by atoms with Gasteiger partial charge in [0, 0.05) is 0 Å². The van der Waals surface area contributed by atoms with Gasteiger partial charge in [-0.1, -0.05) is 19.9 Å². The molecule has 0 radical (unpaired) electrons. The molecule has 1 unspecified atom stereocenters. The van der Waals surface area contributed by atoms with Crippen molar-refractivity contribution in [2.24, 2.45) is 0 Å². The Labute approximate surface area is 73.3 Å². The Morgan fingerprint density at radius 2 is 2.18 bits per heavy atom. The first-order valence-electron chi connectivity index (χ1n) is 4.04.